The van der Waals surface area contributed by atoms with Crippen LogP contribution in [-0.2, 0) is 0 Å². The maximum absolute atomic E-state index is 6.52. The summed E-state index contributed by atoms with van der Waals surface area (Å²) in [4.78, 5) is 0. The van der Waals surface area contributed by atoms with Crippen molar-refractivity contribution in [3.63, 3.8) is 0 Å². The van der Waals surface area contributed by atoms with Crippen LogP contribution in [0.15, 0.2) is 168 Å². The SMILES string of the molecule is Cc1ccccc1-c1cc(-c2cccc3oc4ccc(-c5ccc6c(c5)c5cc(-c7ccccc7C)c(C)cc5n6-c5ccccc5)cc4c23)ccc1C. The van der Waals surface area contributed by atoms with Crippen LogP contribution in [0.25, 0.3) is 93.9 Å². The van der Waals surface area contributed by atoms with Crippen molar-refractivity contribution in [2.75, 3.05) is 0 Å². The van der Waals surface area contributed by atoms with E-state index in [1.165, 1.54) is 88.6 Å². The second-order valence-electron chi connectivity index (χ2n) is 14.7. The fourth-order valence-electron chi connectivity index (χ4n) is 8.57. The Kier molecular flexibility index (Phi) is 7.42. The van der Waals surface area contributed by atoms with Gasteiger partial charge in [0.25, 0.3) is 0 Å². The number of para-hydroxylation sites is 1. The lowest BCUT2D eigenvalue weighted by atomic mass is 9.91. The molecular weight excluding hydrogens is 655 g/mol. The zero-order valence-corrected chi connectivity index (χ0v) is 30.9. The normalized spacial score (nSPS) is 11.7. The van der Waals surface area contributed by atoms with Crippen molar-refractivity contribution in [3.05, 3.63) is 186 Å². The van der Waals surface area contributed by atoms with Gasteiger partial charge in [-0.25, -0.2) is 0 Å². The molecule has 0 aliphatic carbocycles. The molecule has 54 heavy (non-hydrogen) atoms. The highest BCUT2D eigenvalue weighted by atomic mass is 16.3. The van der Waals surface area contributed by atoms with E-state index in [9.17, 15) is 0 Å². The fraction of sp³-hybridized carbons (Fsp3) is 0.0769. The van der Waals surface area contributed by atoms with Crippen LogP contribution in [0.2, 0.25) is 0 Å². The van der Waals surface area contributed by atoms with Crippen LogP contribution in [-0.4, -0.2) is 4.57 Å². The van der Waals surface area contributed by atoms with E-state index in [1.54, 1.807) is 0 Å². The topological polar surface area (TPSA) is 18.1 Å². The smallest absolute Gasteiger partial charge is 0.136 e. The molecule has 8 aromatic carbocycles. The summed E-state index contributed by atoms with van der Waals surface area (Å²) < 4.78 is 8.93. The van der Waals surface area contributed by atoms with Gasteiger partial charge >= 0.3 is 0 Å². The Balaban J connectivity index is 1.17. The highest BCUT2D eigenvalue weighted by Gasteiger charge is 2.19. The average molecular weight is 694 g/mol. The van der Waals surface area contributed by atoms with Crippen molar-refractivity contribution in [3.8, 4) is 50.2 Å². The summed E-state index contributed by atoms with van der Waals surface area (Å²) in [6.45, 7) is 8.82. The van der Waals surface area contributed by atoms with Crippen LogP contribution in [0, 0.1) is 27.7 Å². The molecule has 2 nitrogen and oxygen atoms in total. The Hall–Kier alpha value is -6.64. The number of aromatic nitrogens is 1. The summed E-state index contributed by atoms with van der Waals surface area (Å²) in [5.74, 6) is 0. The highest BCUT2D eigenvalue weighted by molar-refractivity contribution is 6.15. The van der Waals surface area contributed by atoms with Gasteiger partial charge in [0.05, 0.1) is 11.0 Å². The minimum absolute atomic E-state index is 0.896. The van der Waals surface area contributed by atoms with E-state index in [0.29, 0.717) is 0 Å². The number of rotatable bonds is 5. The molecule has 0 spiro atoms. The molecule has 0 amide bonds. The van der Waals surface area contributed by atoms with E-state index in [1.807, 2.05) is 0 Å². The molecular formula is C52H39NO. The first-order valence-corrected chi connectivity index (χ1v) is 18.8. The van der Waals surface area contributed by atoms with Crippen molar-refractivity contribution >= 4 is 43.7 Å². The van der Waals surface area contributed by atoms with Crippen molar-refractivity contribution in [1.29, 1.82) is 0 Å². The second kappa shape index (κ2) is 12.5. The van der Waals surface area contributed by atoms with E-state index in [2.05, 4.69) is 196 Å². The van der Waals surface area contributed by atoms with Crippen molar-refractivity contribution in [1.82, 2.24) is 4.57 Å². The van der Waals surface area contributed by atoms with Gasteiger partial charge in [0, 0.05) is 27.2 Å². The largest absolute Gasteiger partial charge is 0.456 e. The molecule has 10 aromatic rings. The molecule has 0 aliphatic heterocycles. The molecule has 0 saturated carbocycles. The predicted molar refractivity (Wildman–Crippen MR) is 229 cm³/mol. The molecule has 0 fully saturated rings. The molecule has 2 aromatic heterocycles. The number of benzene rings is 8. The van der Waals surface area contributed by atoms with Gasteiger partial charge in [-0.2, -0.15) is 0 Å². The van der Waals surface area contributed by atoms with Crippen LogP contribution in [0.3, 0.4) is 0 Å². The fourth-order valence-corrected chi connectivity index (χ4v) is 8.57. The zero-order valence-electron chi connectivity index (χ0n) is 30.9. The standard InChI is InChI=1S/C52H39NO/c1-32-13-8-10-17-40(32)43-30-38(22-21-34(43)3)42-19-12-20-51-52(42)47-29-37(24-26-50(47)54-51)36-23-25-48-45(28-36)46-31-44(41-18-11-9-14-33(41)2)35(4)27-49(46)53(48)39-15-6-5-7-16-39/h5-31H,1-4H3. The first-order chi connectivity index (χ1) is 26.4. The van der Waals surface area contributed by atoms with E-state index < -0.39 is 0 Å². The molecule has 0 N–H and O–H groups in total. The van der Waals surface area contributed by atoms with Gasteiger partial charge in [0.15, 0.2) is 0 Å². The Labute approximate surface area is 315 Å². The molecule has 0 aliphatic rings. The van der Waals surface area contributed by atoms with Gasteiger partial charge in [-0.05, 0) is 155 Å². The minimum Gasteiger partial charge on any atom is -0.456 e. The lowest BCUT2D eigenvalue weighted by Crippen LogP contribution is -1.94. The molecule has 0 unspecified atom stereocenters. The second-order valence-corrected chi connectivity index (χ2v) is 14.7. The van der Waals surface area contributed by atoms with Crippen LogP contribution >= 0.6 is 0 Å². The lowest BCUT2D eigenvalue weighted by molar-refractivity contribution is 0.669. The average Bonchev–Trinajstić information content (AvgIpc) is 3.73. The van der Waals surface area contributed by atoms with Crippen LogP contribution in [0.5, 0.6) is 0 Å². The van der Waals surface area contributed by atoms with Crippen LogP contribution in [0.1, 0.15) is 22.3 Å². The van der Waals surface area contributed by atoms with Gasteiger partial charge < -0.3 is 8.98 Å². The lowest BCUT2D eigenvalue weighted by Gasteiger charge is -2.12. The van der Waals surface area contributed by atoms with Crippen LogP contribution in [0.4, 0.5) is 0 Å². The van der Waals surface area contributed by atoms with E-state index in [4.69, 9.17) is 4.42 Å². The summed E-state index contributed by atoms with van der Waals surface area (Å²) in [7, 11) is 0. The number of fused-ring (bicyclic) bond motifs is 6. The number of hydrogen-bond acceptors (Lipinski definition) is 1. The Bertz CT molecular complexity index is 3080. The first kappa shape index (κ1) is 32.0. The van der Waals surface area contributed by atoms with Gasteiger partial charge in [-0.15, -0.1) is 0 Å². The number of aryl methyl sites for hydroxylation is 4. The predicted octanol–water partition coefficient (Wildman–Crippen LogP) is 14.6. The third kappa shape index (κ3) is 5.09. The van der Waals surface area contributed by atoms with Gasteiger partial charge in [0.1, 0.15) is 11.2 Å². The highest BCUT2D eigenvalue weighted by Crippen LogP contribution is 2.42. The third-order valence-electron chi connectivity index (χ3n) is 11.4. The van der Waals surface area contributed by atoms with Gasteiger partial charge in [0.2, 0.25) is 0 Å². The molecule has 0 atom stereocenters. The summed E-state index contributed by atoms with van der Waals surface area (Å²) in [6, 6.07) is 59.7. The summed E-state index contributed by atoms with van der Waals surface area (Å²) in [5.41, 5.74) is 20.3. The summed E-state index contributed by atoms with van der Waals surface area (Å²) in [5, 5.41) is 4.76. The Morgan fingerprint density at radius 1 is 0.352 bits per heavy atom. The van der Waals surface area contributed by atoms with E-state index in [-0.39, 0.29) is 0 Å². The van der Waals surface area contributed by atoms with Crippen molar-refractivity contribution < 1.29 is 4.42 Å². The Morgan fingerprint density at radius 3 is 1.69 bits per heavy atom. The summed E-state index contributed by atoms with van der Waals surface area (Å²) >= 11 is 0. The van der Waals surface area contributed by atoms with Gasteiger partial charge in [-0.1, -0.05) is 103 Å². The molecule has 0 saturated heterocycles. The molecule has 2 heterocycles. The quantitative estimate of drug-likeness (QED) is 0.175. The number of furan rings is 1. The maximum atomic E-state index is 6.52. The monoisotopic (exact) mass is 693 g/mol. The molecule has 2 heteroatoms. The van der Waals surface area contributed by atoms with Crippen molar-refractivity contribution in [2.45, 2.75) is 27.7 Å². The molecule has 0 bridgehead atoms. The number of hydrogen-bond donors (Lipinski definition) is 0. The number of nitrogens with zero attached hydrogens (tertiary/aromatic N) is 1. The van der Waals surface area contributed by atoms with E-state index in [0.717, 1.165) is 27.6 Å². The molecule has 258 valence electrons. The third-order valence-corrected chi connectivity index (χ3v) is 11.4. The Morgan fingerprint density at radius 2 is 0.944 bits per heavy atom. The summed E-state index contributed by atoms with van der Waals surface area (Å²) in [6.07, 6.45) is 0. The molecule has 10 rings (SSSR count). The van der Waals surface area contributed by atoms with Crippen molar-refractivity contribution in [2.24, 2.45) is 0 Å². The minimum atomic E-state index is 0.896. The zero-order chi connectivity index (χ0) is 36.5. The van der Waals surface area contributed by atoms with E-state index >= 15 is 0 Å². The van der Waals surface area contributed by atoms with Gasteiger partial charge in [-0.3, -0.25) is 0 Å². The first-order valence-electron chi connectivity index (χ1n) is 18.8. The maximum Gasteiger partial charge on any atom is 0.136 e. The molecule has 0 radical (unpaired) electrons. The van der Waals surface area contributed by atoms with Crippen LogP contribution < -0.4 is 0 Å².